The molecule has 3 nitrogen and oxygen atoms in total. The summed E-state index contributed by atoms with van der Waals surface area (Å²) >= 11 is 6.06. The predicted octanol–water partition coefficient (Wildman–Crippen LogP) is 2.64. The first kappa shape index (κ1) is 14.0. The van der Waals surface area contributed by atoms with Gasteiger partial charge in [-0.25, -0.2) is 0 Å². The molecule has 0 aliphatic heterocycles. The normalized spacial score (nSPS) is 14.1. The van der Waals surface area contributed by atoms with Crippen LogP contribution in [0.5, 0.6) is 0 Å². The van der Waals surface area contributed by atoms with Crippen LogP contribution in [0.2, 0.25) is 5.02 Å². The van der Waals surface area contributed by atoms with Gasteiger partial charge in [-0.2, -0.15) is 0 Å². The van der Waals surface area contributed by atoms with Crippen LogP contribution in [0.3, 0.4) is 0 Å². The summed E-state index contributed by atoms with van der Waals surface area (Å²) in [5, 5.41) is 3.53. The molecule has 0 radical (unpaired) electrons. The Morgan fingerprint density at radius 3 is 2.71 bits per heavy atom. The predicted molar refractivity (Wildman–Crippen MR) is 70.9 cm³/mol. The molecule has 4 heteroatoms. The maximum atomic E-state index is 11.7. The maximum Gasteiger partial charge on any atom is 0.237 e. The number of hydrogen-bond acceptors (Lipinski definition) is 2. The average molecular weight is 255 g/mol. The second-order valence-electron chi connectivity index (χ2n) is 4.15. The lowest BCUT2D eigenvalue weighted by Gasteiger charge is -2.18. The van der Waals surface area contributed by atoms with Crippen molar-refractivity contribution < 1.29 is 4.79 Å². The molecule has 0 aromatic heterocycles. The maximum absolute atomic E-state index is 11.7. The minimum atomic E-state index is -0.440. The zero-order chi connectivity index (χ0) is 12.8. The van der Waals surface area contributed by atoms with E-state index in [0.717, 1.165) is 12.0 Å². The zero-order valence-electron chi connectivity index (χ0n) is 10.2. The van der Waals surface area contributed by atoms with E-state index in [4.69, 9.17) is 17.3 Å². The van der Waals surface area contributed by atoms with Gasteiger partial charge < -0.3 is 11.1 Å². The number of rotatable bonds is 5. The lowest BCUT2D eigenvalue weighted by atomic mass is 10.1. The highest BCUT2D eigenvalue weighted by atomic mass is 35.5. The Balaban J connectivity index is 2.63. The van der Waals surface area contributed by atoms with Crippen LogP contribution in [0.4, 0.5) is 0 Å². The molecule has 1 amide bonds. The van der Waals surface area contributed by atoms with Gasteiger partial charge >= 0.3 is 0 Å². The van der Waals surface area contributed by atoms with Crippen LogP contribution in [0.15, 0.2) is 24.3 Å². The molecular weight excluding hydrogens is 236 g/mol. The van der Waals surface area contributed by atoms with Gasteiger partial charge in [0, 0.05) is 5.02 Å². The molecule has 0 bridgehead atoms. The van der Waals surface area contributed by atoms with Gasteiger partial charge in [0.15, 0.2) is 0 Å². The molecule has 0 aliphatic rings. The van der Waals surface area contributed by atoms with Crippen molar-refractivity contribution in [1.29, 1.82) is 0 Å². The molecule has 17 heavy (non-hydrogen) atoms. The summed E-state index contributed by atoms with van der Waals surface area (Å²) in [4.78, 5) is 11.7. The third-order valence-electron chi connectivity index (χ3n) is 2.67. The Labute approximate surface area is 107 Å². The highest BCUT2D eigenvalue weighted by Crippen LogP contribution is 2.22. The fraction of sp³-hybridized carbons (Fsp3) is 0.462. The van der Waals surface area contributed by atoms with Crippen molar-refractivity contribution in [2.45, 2.75) is 38.8 Å². The Kier molecular flexibility index (Phi) is 5.45. The third kappa shape index (κ3) is 4.02. The first-order chi connectivity index (χ1) is 8.06. The fourth-order valence-electron chi connectivity index (χ4n) is 1.67. The highest BCUT2D eigenvalue weighted by Gasteiger charge is 2.16. The second-order valence-corrected chi connectivity index (χ2v) is 4.55. The van der Waals surface area contributed by atoms with Crippen LogP contribution in [-0.2, 0) is 4.79 Å². The Hall–Kier alpha value is -1.06. The van der Waals surface area contributed by atoms with E-state index in [9.17, 15) is 4.79 Å². The first-order valence-electron chi connectivity index (χ1n) is 5.86. The van der Waals surface area contributed by atoms with E-state index < -0.39 is 6.04 Å². The number of nitrogens with two attached hydrogens (primary N) is 1. The Morgan fingerprint density at radius 2 is 2.12 bits per heavy atom. The third-order valence-corrected chi connectivity index (χ3v) is 3.01. The summed E-state index contributed by atoms with van der Waals surface area (Å²) in [6.07, 6.45) is 1.59. The smallest absolute Gasteiger partial charge is 0.237 e. The van der Waals surface area contributed by atoms with Crippen molar-refractivity contribution in [3.63, 3.8) is 0 Å². The van der Waals surface area contributed by atoms with E-state index in [1.165, 1.54) is 0 Å². The SMILES string of the molecule is CCC[C@@H](N)C(=O)NC(C)c1ccccc1Cl. The molecule has 0 heterocycles. The van der Waals surface area contributed by atoms with E-state index in [1.807, 2.05) is 38.1 Å². The molecule has 1 aromatic carbocycles. The summed E-state index contributed by atoms with van der Waals surface area (Å²) in [5.41, 5.74) is 6.66. The van der Waals surface area contributed by atoms with E-state index in [0.29, 0.717) is 11.4 Å². The topological polar surface area (TPSA) is 55.1 Å². The van der Waals surface area contributed by atoms with Gasteiger partial charge in [0.05, 0.1) is 12.1 Å². The molecule has 0 aliphatic carbocycles. The summed E-state index contributed by atoms with van der Waals surface area (Å²) < 4.78 is 0. The van der Waals surface area contributed by atoms with Crippen molar-refractivity contribution in [2.75, 3.05) is 0 Å². The van der Waals surface area contributed by atoms with Gasteiger partial charge in [0.1, 0.15) is 0 Å². The number of hydrogen-bond donors (Lipinski definition) is 2. The van der Waals surface area contributed by atoms with Crippen molar-refractivity contribution >= 4 is 17.5 Å². The number of halogens is 1. The first-order valence-corrected chi connectivity index (χ1v) is 6.24. The summed E-state index contributed by atoms with van der Waals surface area (Å²) in [5.74, 6) is -0.126. The van der Waals surface area contributed by atoms with Crippen molar-refractivity contribution in [2.24, 2.45) is 5.73 Å². The van der Waals surface area contributed by atoms with Crippen LogP contribution < -0.4 is 11.1 Å². The van der Waals surface area contributed by atoms with Crippen LogP contribution >= 0.6 is 11.6 Å². The molecule has 2 atom stereocenters. The quantitative estimate of drug-likeness (QED) is 0.849. The molecule has 1 rings (SSSR count). The number of benzene rings is 1. The van der Waals surface area contributed by atoms with Gasteiger partial charge in [-0.05, 0) is 25.0 Å². The van der Waals surface area contributed by atoms with Crippen molar-refractivity contribution in [1.82, 2.24) is 5.32 Å². The van der Waals surface area contributed by atoms with E-state index in [1.54, 1.807) is 0 Å². The van der Waals surface area contributed by atoms with E-state index in [-0.39, 0.29) is 11.9 Å². The molecule has 0 fully saturated rings. The lowest BCUT2D eigenvalue weighted by Crippen LogP contribution is -2.41. The monoisotopic (exact) mass is 254 g/mol. The van der Waals surface area contributed by atoms with Gasteiger partial charge in [-0.15, -0.1) is 0 Å². The van der Waals surface area contributed by atoms with E-state index in [2.05, 4.69) is 5.32 Å². The van der Waals surface area contributed by atoms with Crippen LogP contribution in [-0.4, -0.2) is 11.9 Å². The van der Waals surface area contributed by atoms with Crippen LogP contribution in [0, 0.1) is 0 Å². The van der Waals surface area contributed by atoms with Crippen molar-refractivity contribution in [3.05, 3.63) is 34.9 Å². The Morgan fingerprint density at radius 1 is 1.47 bits per heavy atom. The number of carbonyl (C=O) groups excluding carboxylic acids is 1. The summed E-state index contributed by atoms with van der Waals surface area (Å²) in [6.45, 7) is 3.91. The largest absolute Gasteiger partial charge is 0.348 e. The fourth-order valence-corrected chi connectivity index (χ4v) is 1.97. The molecule has 0 saturated heterocycles. The van der Waals surface area contributed by atoms with E-state index >= 15 is 0 Å². The molecule has 0 saturated carbocycles. The molecule has 94 valence electrons. The highest BCUT2D eigenvalue weighted by molar-refractivity contribution is 6.31. The van der Waals surface area contributed by atoms with Gasteiger partial charge in [-0.1, -0.05) is 43.1 Å². The summed E-state index contributed by atoms with van der Waals surface area (Å²) in [7, 11) is 0. The minimum absolute atomic E-state index is 0.126. The minimum Gasteiger partial charge on any atom is -0.348 e. The lowest BCUT2D eigenvalue weighted by molar-refractivity contribution is -0.123. The molecule has 3 N–H and O–H groups in total. The number of nitrogens with one attached hydrogen (secondary N) is 1. The molecule has 1 unspecified atom stereocenters. The molecular formula is C13H19ClN2O. The van der Waals surface area contributed by atoms with Crippen LogP contribution in [0.1, 0.15) is 38.3 Å². The summed E-state index contributed by atoms with van der Waals surface area (Å²) in [6, 6.07) is 6.91. The zero-order valence-corrected chi connectivity index (χ0v) is 11.0. The average Bonchev–Trinajstić information content (AvgIpc) is 2.29. The van der Waals surface area contributed by atoms with Crippen LogP contribution in [0.25, 0.3) is 0 Å². The number of carbonyl (C=O) groups is 1. The molecule has 0 spiro atoms. The Bertz CT molecular complexity index is 381. The van der Waals surface area contributed by atoms with Gasteiger partial charge in [-0.3, -0.25) is 4.79 Å². The van der Waals surface area contributed by atoms with Gasteiger partial charge in [0.2, 0.25) is 5.91 Å². The molecule has 1 aromatic rings. The van der Waals surface area contributed by atoms with Gasteiger partial charge in [0.25, 0.3) is 0 Å². The standard InChI is InChI=1S/C13H19ClN2O/c1-3-6-12(15)13(17)16-9(2)10-7-4-5-8-11(10)14/h4-5,7-9,12H,3,6,15H2,1-2H3,(H,16,17)/t9?,12-/m1/s1. The number of amides is 1. The van der Waals surface area contributed by atoms with Crippen molar-refractivity contribution in [3.8, 4) is 0 Å². The second kappa shape index (κ2) is 6.62.